The van der Waals surface area contributed by atoms with Crippen LogP contribution in [0.4, 0.5) is 0 Å². The first-order valence-corrected chi connectivity index (χ1v) is 6.08. The van der Waals surface area contributed by atoms with Crippen LogP contribution in [0.1, 0.15) is 19.8 Å². The van der Waals surface area contributed by atoms with Gasteiger partial charge in [0.05, 0.1) is 25.0 Å². The Labute approximate surface area is 103 Å². The molecule has 0 saturated carbocycles. The number of carbonyl (C=O) groups excluding carboxylic acids is 1. The predicted molar refractivity (Wildman–Crippen MR) is 64.3 cm³/mol. The Morgan fingerprint density at radius 2 is 2.35 bits per heavy atom. The molecule has 17 heavy (non-hydrogen) atoms. The van der Waals surface area contributed by atoms with Crippen molar-refractivity contribution in [2.75, 3.05) is 33.4 Å². The van der Waals surface area contributed by atoms with Crippen LogP contribution in [-0.4, -0.2) is 50.2 Å². The lowest BCUT2D eigenvalue weighted by atomic mass is 10.0. The summed E-state index contributed by atoms with van der Waals surface area (Å²) in [5.41, 5.74) is 0. The Morgan fingerprint density at radius 1 is 1.59 bits per heavy atom. The van der Waals surface area contributed by atoms with Crippen LogP contribution in [0.25, 0.3) is 0 Å². The first-order valence-electron chi connectivity index (χ1n) is 6.08. The Bertz CT molecular complexity index is 288. The molecule has 1 N–H and O–H groups in total. The molecule has 1 rings (SSSR count). The molecule has 96 valence electrons. The van der Waals surface area contributed by atoms with Gasteiger partial charge in [-0.3, -0.25) is 4.79 Å². The topological polar surface area (TPSA) is 65.4 Å². The van der Waals surface area contributed by atoms with Gasteiger partial charge in [-0.15, -0.1) is 0 Å². The number of hydrogen-bond donors (Lipinski definition) is 1. The fraction of sp³-hybridized carbons (Fsp3) is 0.833. The van der Waals surface area contributed by atoms with Gasteiger partial charge < -0.3 is 15.0 Å². The fourth-order valence-electron chi connectivity index (χ4n) is 2.15. The molecule has 1 heterocycles. The van der Waals surface area contributed by atoms with Crippen molar-refractivity contribution in [3.8, 4) is 6.07 Å². The van der Waals surface area contributed by atoms with Crippen molar-refractivity contribution in [3.05, 3.63) is 0 Å². The molecule has 2 unspecified atom stereocenters. The maximum absolute atomic E-state index is 12.3. The monoisotopic (exact) mass is 239 g/mol. The van der Waals surface area contributed by atoms with Crippen molar-refractivity contribution in [1.29, 1.82) is 5.26 Å². The Morgan fingerprint density at radius 3 is 2.88 bits per heavy atom. The molecular weight excluding hydrogens is 218 g/mol. The van der Waals surface area contributed by atoms with E-state index in [9.17, 15) is 4.79 Å². The van der Waals surface area contributed by atoms with E-state index in [4.69, 9.17) is 10.00 Å². The maximum Gasteiger partial charge on any atom is 0.227 e. The quantitative estimate of drug-likeness (QED) is 0.727. The zero-order chi connectivity index (χ0) is 12.7. The number of nitriles is 1. The summed E-state index contributed by atoms with van der Waals surface area (Å²) in [6, 6.07) is 2.31. The molecule has 0 aromatic rings. The van der Waals surface area contributed by atoms with Gasteiger partial charge in [-0.25, -0.2) is 0 Å². The van der Waals surface area contributed by atoms with Crippen molar-refractivity contribution < 1.29 is 9.53 Å². The molecular formula is C12H21N3O2. The smallest absolute Gasteiger partial charge is 0.227 e. The van der Waals surface area contributed by atoms with Crippen molar-refractivity contribution in [2.24, 2.45) is 5.92 Å². The van der Waals surface area contributed by atoms with Crippen LogP contribution >= 0.6 is 0 Å². The van der Waals surface area contributed by atoms with Crippen molar-refractivity contribution in [1.82, 2.24) is 10.2 Å². The second-order valence-electron chi connectivity index (χ2n) is 4.36. The molecule has 1 aliphatic rings. The van der Waals surface area contributed by atoms with Crippen LogP contribution in [0.3, 0.4) is 0 Å². The molecule has 1 amide bonds. The van der Waals surface area contributed by atoms with E-state index in [1.807, 2.05) is 6.92 Å². The largest absolute Gasteiger partial charge is 0.383 e. The highest BCUT2D eigenvalue weighted by Gasteiger charge is 2.32. The standard InChI is InChI=1S/C12H21N3O2/c1-10-11(4-6-14-10)12(16)15(7-3-5-13)8-9-17-2/h10-11,14H,3-4,6-9H2,1-2H3. The van der Waals surface area contributed by atoms with Gasteiger partial charge in [-0.2, -0.15) is 5.26 Å². The highest BCUT2D eigenvalue weighted by atomic mass is 16.5. The van der Waals surface area contributed by atoms with Gasteiger partial charge in [0, 0.05) is 26.2 Å². The summed E-state index contributed by atoms with van der Waals surface area (Å²) in [6.45, 7) is 4.52. The number of amides is 1. The second-order valence-corrected chi connectivity index (χ2v) is 4.36. The average molecular weight is 239 g/mol. The number of ether oxygens (including phenoxy) is 1. The molecule has 1 saturated heterocycles. The lowest BCUT2D eigenvalue weighted by molar-refractivity contribution is -0.136. The van der Waals surface area contributed by atoms with E-state index in [-0.39, 0.29) is 17.9 Å². The van der Waals surface area contributed by atoms with E-state index < -0.39 is 0 Å². The molecule has 0 aromatic carbocycles. The minimum atomic E-state index is 0.0468. The predicted octanol–water partition coefficient (Wildman–Crippen LogP) is 0.373. The summed E-state index contributed by atoms with van der Waals surface area (Å²) in [5, 5.41) is 11.9. The summed E-state index contributed by atoms with van der Waals surface area (Å²) in [7, 11) is 1.62. The number of rotatable bonds is 6. The Balaban J connectivity index is 2.54. The Kier molecular flexibility index (Phi) is 5.95. The molecule has 0 radical (unpaired) electrons. The van der Waals surface area contributed by atoms with Crippen LogP contribution in [0.15, 0.2) is 0 Å². The first kappa shape index (κ1) is 13.9. The SMILES string of the molecule is COCCN(CCC#N)C(=O)C1CCNC1C. The van der Waals surface area contributed by atoms with Gasteiger partial charge in [-0.1, -0.05) is 0 Å². The lowest BCUT2D eigenvalue weighted by Gasteiger charge is -2.26. The van der Waals surface area contributed by atoms with Crippen LogP contribution in [-0.2, 0) is 9.53 Å². The van der Waals surface area contributed by atoms with E-state index in [2.05, 4.69) is 11.4 Å². The fourth-order valence-corrected chi connectivity index (χ4v) is 2.15. The zero-order valence-corrected chi connectivity index (χ0v) is 10.6. The Hall–Kier alpha value is -1.12. The number of methoxy groups -OCH3 is 1. The second kappa shape index (κ2) is 7.25. The van der Waals surface area contributed by atoms with E-state index in [1.54, 1.807) is 12.0 Å². The van der Waals surface area contributed by atoms with Gasteiger partial charge in [0.2, 0.25) is 5.91 Å². The third kappa shape index (κ3) is 3.99. The van der Waals surface area contributed by atoms with Gasteiger partial charge in [0.25, 0.3) is 0 Å². The van der Waals surface area contributed by atoms with Crippen LogP contribution < -0.4 is 5.32 Å². The molecule has 0 spiro atoms. The van der Waals surface area contributed by atoms with Crippen LogP contribution in [0.2, 0.25) is 0 Å². The van der Waals surface area contributed by atoms with E-state index >= 15 is 0 Å². The molecule has 0 bridgehead atoms. The normalized spacial score (nSPS) is 23.4. The third-order valence-electron chi connectivity index (χ3n) is 3.21. The zero-order valence-electron chi connectivity index (χ0n) is 10.6. The summed E-state index contributed by atoms with van der Waals surface area (Å²) in [5.74, 6) is 0.195. The minimum Gasteiger partial charge on any atom is -0.383 e. The van der Waals surface area contributed by atoms with Gasteiger partial charge in [0.1, 0.15) is 0 Å². The molecule has 0 aromatic heterocycles. The average Bonchev–Trinajstić information content (AvgIpc) is 2.75. The molecule has 0 aliphatic carbocycles. The first-order chi connectivity index (χ1) is 8.20. The van der Waals surface area contributed by atoms with Gasteiger partial charge >= 0.3 is 0 Å². The van der Waals surface area contributed by atoms with E-state index in [1.165, 1.54) is 0 Å². The van der Waals surface area contributed by atoms with E-state index in [0.717, 1.165) is 13.0 Å². The molecule has 5 heteroatoms. The summed E-state index contributed by atoms with van der Waals surface area (Å²) < 4.78 is 5.00. The summed E-state index contributed by atoms with van der Waals surface area (Å²) in [6.07, 6.45) is 1.26. The highest BCUT2D eigenvalue weighted by Crippen LogP contribution is 2.18. The summed E-state index contributed by atoms with van der Waals surface area (Å²) >= 11 is 0. The number of nitrogens with zero attached hydrogens (tertiary/aromatic N) is 2. The maximum atomic E-state index is 12.3. The van der Waals surface area contributed by atoms with E-state index in [0.29, 0.717) is 26.1 Å². The molecule has 5 nitrogen and oxygen atoms in total. The molecule has 2 atom stereocenters. The molecule has 1 fully saturated rings. The number of carbonyl (C=O) groups is 1. The van der Waals surface area contributed by atoms with Crippen molar-refractivity contribution >= 4 is 5.91 Å². The number of nitrogens with one attached hydrogen (secondary N) is 1. The third-order valence-corrected chi connectivity index (χ3v) is 3.21. The van der Waals surface area contributed by atoms with Crippen molar-refractivity contribution in [3.63, 3.8) is 0 Å². The minimum absolute atomic E-state index is 0.0468. The molecule has 1 aliphatic heterocycles. The van der Waals surface area contributed by atoms with Crippen molar-refractivity contribution in [2.45, 2.75) is 25.8 Å². The number of hydrogen-bond acceptors (Lipinski definition) is 4. The van der Waals surface area contributed by atoms with Gasteiger partial charge in [-0.05, 0) is 19.9 Å². The van der Waals surface area contributed by atoms with Crippen LogP contribution in [0, 0.1) is 17.2 Å². The van der Waals surface area contributed by atoms with Gasteiger partial charge in [0.15, 0.2) is 0 Å². The summed E-state index contributed by atoms with van der Waals surface area (Å²) in [4.78, 5) is 14.0. The highest BCUT2D eigenvalue weighted by molar-refractivity contribution is 5.80. The lowest BCUT2D eigenvalue weighted by Crippen LogP contribution is -2.42. The van der Waals surface area contributed by atoms with Crippen LogP contribution in [0.5, 0.6) is 0 Å².